The smallest absolute Gasteiger partial charge is 0.187 e. The van der Waals surface area contributed by atoms with Crippen LogP contribution in [0.4, 0.5) is 5.69 Å². The first-order chi connectivity index (χ1) is 32.2. The molecule has 65 heavy (non-hydrogen) atoms. The van der Waals surface area contributed by atoms with Crippen LogP contribution in [0.25, 0.3) is 121 Å². The van der Waals surface area contributed by atoms with Gasteiger partial charge in [0.2, 0.25) is 0 Å². The van der Waals surface area contributed by atoms with Crippen LogP contribution in [0.3, 0.4) is 0 Å². The Hall–Kier alpha value is -9.12. The summed E-state index contributed by atoms with van der Waals surface area (Å²) in [5.74, 6) is 1.86. The summed E-state index contributed by atoms with van der Waals surface area (Å²) in [6, 6.07) is 73.8. The van der Waals surface area contributed by atoms with Crippen molar-refractivity contribution in [2.24, 2.45) is 0 Å². The van der Waals surface area contributed by atoms with Gasteiger partial charge in [-0.3, -0.25) is 0 Å². The Balaban J connectivity index is 1.16. The highest BCUT2D eigenvalue weighted by molar-refractivity contribution is 6.40. The molecule has 4 aromatic heterocycles. The molecule has 0 atom stereocenters. The number of fused-ring (bicyclic) bond motifs is 12. The van der Waals surface area contributed by atoms with E-state index in [1.807, 2.05) is 72.8 Å². The summed E-state index contributed by atoms with van der Waals surface area (Å²) in [4.78, 5) is 18.8. The molecule has 0 bridgehead atoms. The first-order valence-electron chi connectivity index (χ1n) is 21.7. The molecule has 7 heteroatoms. The number of hydrogen-bond donors (Lipinski definition) is 0. The van der Waals surface area contributed by atoms with Crippen molar-refractivity contribution in [3.05, 3.63) is 224 Å². The Morgan fingerprint density at radius 3 is 1.00 bits per heavy atom. The molecular formula is C58H35N7. The van der Waals surface area contributed by atoms with Crippen LogP contribution in [-0.4, -0.2) is 28.7 Å². The number of benzene rings is 9. The molecule has 4 heterocycles. The highest BCUT2D eigenvalue weighted by atomic mass is 15.1. The number of rotatable bonds is 6. The molecule has 0 aliphatic heterocycles. The van der Waals surface area contributed by atoms with Crippen LogP contribution >= 0.6 is 0 Å². The second-order valence-corrected chi connectivity index (χ2v) is 16.3. The lowest BCUT2D eigenvalue weighted by atomic mass is 10.0. The topological polar surface area (TPSA) is 57.8 Å². The largest absolute Gasteiger partial charge is 0.309 e. The molecule has 0 saturated carbocycles. The van der Waals surface area contributed by atoms with Gasteiger partial charge in [-0.05, 0) is 66.7 Å². The molecule has 0 spiro atoms. The van der Waals surface area contributed by atoms with Crippen LogP contribution in [0.1, 0.15) is 0 Å². The van der Waals surface area contributed by atoms with Gasteiger partial charge in [-0.15, -0.1) is 0 Å². The number of nitrogens with zero attached hydrogens (tertiary/aromatic N) is 7. The standard InChI is InChI=1S/C58H35N7/c1-59-40-31-35-43(36-32-40)65-49-28-16-13-25-46(49)51-53-50(44-23-11-14-26-47(44)63(53)41-21-9-4-10-22-41)54-52(55(51)65)45-24-12-15-27-48(45)64(54)42-33-29-39(30-34-42)58-61-56(37-17-5-2-6-18-37)60-57(62-58)38-19-7-3-8-20-38/h2-36H. The zero-order valence-corrected chi connectivity index (χ0v) is 34.8. The SMILES string of the molecule is [C-]#[N+]c1ccc(-n2c3ccccc3c3c4c(c5ccccc5n4-c4ccccc4)c4c(c5ccccc5n4-c4ccc(-c5nc(-c6ccccc6)nc(-c6ccccc6)n5)cc4)c32)cc1. The second kappa shape index (κ2) is 14.5. The molecule has 7 nitrogen and oxygen atoms in total. The average molecular weight is 830 g/mol. The van der Waals surface area contributed by atoms with Gasteiger partial charge in [-0.1, -0.05) is 146 Å². The van der Waals surface area contributed by atoms with Crippen molar-refractivity contribution in [2.75, 3.05) is 0 Å². The summed E-state index contributed by atoms with van der Waals surface area (Å²) in [5, 5.41) is 6.99. The van der Waals surface area contributed by atoms with E-state index >= 15 is 0 Å². The lowest BCUT2D eigenvalue weighted by Gasteiger charge is -2.14. The second-order valence-electron chi connectivity index (χ2n) is 16.3. The minimum atomic E-state index is 0.607. The Bertz CT molecular complexity index is 3970. The van der Waals surface area contributed by atoms with Crippen LogP contribution in [0.5, 0.6) is 0 Å². The maximum atomic E-state index is 7.74. The molecule has 0 amide bonds. The predicted molar refractivity (Wildman–Crippen MR) is 265 cm³/mol. The molecule has 302 valence electrons. The molecule has 0 aliphatic rings. The van der Waals surface area contributed by atoms with E-state index in [4.69, 9.17) is 21.5 Å². The molecule has 0 fully saturated rings. The highest BCUT2D eigenvalue weighted by Crippen LogP contribution is 2.50. The van der Waals surface area contributed by atoms with E-state index in [1.54, 1.807) is 0 Å². The van der Waals surface area contributed by atoms with E-state index in [-0.39, 0.29) is 0 Å². The molecule has 0 saturated heterocycles. The van der Waals surface area contributed by atoms with Crippen molar-refractivity contribution in [3.63, 3.8) is 0 Å². The first-order valence-corrected chi connectivity index (χ1v) is 21.7. The molecule has 0 radical (unpaired) electrons. The van der Waals surface area contributed by atoms with Gasteiger partial charge in [0.15, 0.2) is 23.2 Å². The third-order valence-corrected chi connectivity index (χ3v) is 12.7. The minimum absolute atomic E-state index is 0.607. The minimum Gasteiger partial charge on any atom is -0.309 e. The van der Waals surface area contributed by atoms with E-state index in [2.05, 4.69) is 158 Å². The van der Waals surface area contributed by atoms with Gasteiger partial charge in [0.05, 0.1) is 39.7 Å². The van der Waals surface area contributed by atoms with Crippen molar-refractivity contribution < 1.29 is 0 Å². The fourth-order valence-corrected chi connectivity index (χ4v) is 9.90. The summed E-state index contributed by atoms with van der Waals surface area (Å²) in [6.45, 7) is 7.74. The van der Waals surface area contributed by atoms with Gasteiger partial charge >= 0.3 is 0 Å². The van der Waals surface area contributed by atoms with Gasteiger partial charge in [-0.25, -0.2) is 19.8 Å². The maximum Gasteiger partial charge on any atom is 0.187 e. The summed E-state index contributed by atoms with van der Waals surface area (Å²) in [7, 11) is 0. The van der Waals surface area contributed by atoms with Gasteiger partial charge in [-0.2, -0.15) is 0 Å². The van der Waals surface area contributed by atoms with Crippen molar-refractivity contribution in [3.8, 4) is 51.2 Å². The summed E-state index contributed by atoms with van der Waals surface area (Å²) >= 11 is 0. The molecular weight excluding hydrogens is 795 g/mol. The lowest BCUT2D eigenvalue weighted by molar-refractivity contribution is 1.07. The van der Waals surface area contributed by atoms with Crippen molar-refractivity contribution in [1.29, 1.82) is 0 Å². The zero-order chi connectivity index (χ0) is 43.0. The molecule has 13 rings (SSSR count). The number of hydrogen-bond acceptors (Lipinski definition) is 3. The lowest BCUT2D eigenvalue weighted by Crippen LogP contribution is -2.00. The van der Waals surface area contributed by atoms with Crippen LogP contribution < -0.4 is 0 Å². The van der Waals surface area contributed by atoms with Crippen LogP contribution in [0.15, 0.2) is 212 Å². The third-order valence-electron chi connectivity index (χ3n) is 12.7. The van der Waals surface area contributed by atoms with E-state index in [0.29, 0.717) is 23.2 Å². The molecule has 13 aromatic rings. The van der Waals surface area contributed by atoms with E-state index in [0.717, 1.165) is 83.0 Å². The maximum absolute atomic E-state index is 7.74. The Morgan fingerprint density at radius 2 is 0.615 bits per heavy atom. The summed E-state index contributed by atoms with van der Waals surface area (Å²) in [6.07, 6.45) is 0. The normalized spacial score (nSPS) is 11.7. The molecule has 0 unspecified atom stereocenters. The van der Waals surface area contributed by atoms with Gasteiger partial charge in [0.25, 0.3) is 0 Å². The average Bonchev–Trinajstić information content (AvgIpc) is 4.03. The Morgan fingerprint density at radius 1 is 0.308 bits per heavy atom. The van der Waals surface area contributed by atoms with E-state index < -0.39 is 0 Å². The predicted octanol–water partition coefficient (Wildman–Crippen LogP) is 14.7. The summed E-state index contributed by atoms with van der Waals surface area (Å²) in [5.41, 5.74) is 13.2. The molecule has 9 aromatic carbocycles. The van der Waals surface area contributed by atoms with Crippen LogP contribution in [0.2, 0.25) is 0 Å². The third kappa shape index (κ3) is 5.58. The Kier molecular flexibility index (Phi) is 8.14. The molecule has 0 aliphatic carbocycles. The van der Waals surface area contributed by atoms with Crippen molar-refractivity contribution >= 4 is 71.1 Å². The van der Waals surface area contributed by atoms with Gasteiger partial charge < -0.3 is 13.7 Å². The monoisotopic (exact) mass is 829 g/mol. The molecule has 0 N–H and O–H groups in total. The van der Waals surface area contributed by atoms with E-state index in [9.17, 15) is 0 Å². The Labute approximate surface area is 373 Å². The van der Waals surface area contributed by atoms with E-state index in [1.165, 1.54) is 16.2 Å². The first kappa shape index (κ1) is 36.5. The quantitative estimate of drug-likeness (QED) is 0.157. The fraction of sp³-hybridized carbons (Fsp3) is 0. The fourth-order valence-electron chi connectivity index (χ4n) is 9.90. The zero-order valence-electron chi connectivity index (χ0n) is 34.8. The van der Waals surface area contributed by atoms with Gasteiger partial charge in [0, 0.05) is 66.1 Å². The van der Waals surface area contributed by atoms with Crippen molar-refractivity contribution in [2.45, 2.75) is 0 Å². The van der Waals surface area contributed by atoms with Crippen LogP contribution in [0, 0.1) is 6.57 Å². The van der Waals surface area contributed by atoms with Crippen molar-refractivity contribution in [1.82, 2.24) is 28.7 Å². The van der Waals surface area contributed by atoms with Crippen LogP contribution in [-0.2, 0) is 0 Å². The number of aromatic nitrogens is 6. The summed E-state index contributed by atoms with van der Waals surface area (Å²) < 4.78 is 7.30. The highest BCUT2D eigenvalue weighted by Gasteiger charge is 2.28. The van der Waals surface area contributed by atoms with Gasteiger partial charge in [0.1, 0.15) is 0 Å². The number of para-hydroxylation sites is 4.